The number of unbranched alkanes of at least 4 members (excludes halogenated alkanes) is 1. The van der Waals surface area contributed by atoms with Crippen molar-refractivity contribution in [2.24, 2.45) is 4.99 Å². The Morgan fingerprint density at radius 2 is 2.15 bits per heavy atom. The van der Waals surface area contributed by atoms with Crippen molar-refractivity contribution >= 4 is 23.2 Å². The maximum atomic E-state index is 11.9. The molecule has 0 atom stereocenters. The van der Waals surface area contributed by atoms with Crippen LogP contribution in [0.25, 0.3) is 0 Å². The van der Waals surface area contributed by atoms with Crippen molar-refractivity contribution in [3.63, 3.8) is 0 Å². The van der Waals surface area contributed by atoms with E-state index in [0.29, 0.717) is 6.04 Å². The lowest BCUT2D eigenvalue weighted by atomic mass is 10.0. The Morgan fingerprint density at radius 3 is 2.77 bits per heavy atom. The number of nitrogens with one attached hydrogen (secondary N) is 2. The average Bonchev–Trinajstić information content (AvgIpc) is 3.16. The van der Waals surface area contributed by atoms with E-state index in [-0.39, 0.29) is 12.5 Å². The Labute approximate surface area is 161 Å². The minimum Gasteiger partial charge on any atom is -0.354 e. The Bertz CT molecular complexity index is 550. The van der Waals surface area contributed by atoms with Crippen LogP contribution < -0.4 is 10.6 Å². The predicted octanol–water partition coefficient (Wildman–Crippen LogP) is 2.14. The van der Waals surface area contributed by atoms with E-state index in [1.54, 1.807) is 30.3 Å². The van der Waals surface area contributed by atoms with E-state index in [0.717, 1.165) is 38.4 Å². The Kier molecular flexibility index (Phi) is 8.91. The number of carbonyl (C=O) groups is 1. The maximum Gasteiger partial charge on any atom is 0.243 e. The molecule has 2 N–H and O–H groups in total. The second kappa shape index (κ2) is 11.2. The summed E-state index contributed by atoms with van der Waals surface area (Å²) in [5.41, 5.74) is 0. The summed E-state index contributed by atoms with van der Waals surface area (Å²) in [6.07, 6.45) is 4.76. The molecule has 1 aromatic rings. The van der Waals surface area contributed by atoms with E-state index < -0.39 is 0 Å². The number of hydrogen-bond donors (Lipinski definition) is 2. The number of nitrogens with zero attached hydrogens (tertiary/aromatic N) is 3. The number of thiophene rings is 1. The SMILES string of the molecule is CCCCN1CCC(NC(=NCC(=O)N(C)C)NCc2cccs2)CC1. The van der Waals surface area contributed by atoms with Crippen LogP contribution in [0.3, 0.4) is 0 Å². The number of guanidine groups is 1. The van der Waals surface area contributed by atoms with Gasteiger partial charge in [-0.3, -0.25) is 4.79 Å². The predicted molar refractivity (Wildman–Crippen MR) is 110 cm³/mol. The number of piperidine rings is 1. The van der Waals surface area contributed by atoms with E-state index in [2.05, 4.69) is 38.9 Å². The largest absolute Gasteiger partial charge is 0.354 e. The van der Waals surface area contributed by atoms with E-state index >= 15 is 0 Å². The molecule has 0 aromatic carbocycles. The summed E-state index contributed by atoms with van der Waals surface area (Å²) < 4.78 is 0. The number of rotatable bonds is 8. The van der Waals surface area contributed by atoms with Gasteiger partial charge in [-0.25, -0.2) is 4.99 Å². The molecule has 0 aliphatic carbocycles. The van der Waals surface area contributed by atoms with Gasteiger partial charge in [-0.1, -0.05) is 19.4 Å². The summed E-state index contributed by atoms with van der Waals surface area (Å²) in [7, 11) is 3.52. The summed E-state index contributed by atoms with van der Waals surface area (Å²) >= 11 is 1.72. The van der Waals surface area contributed by atoms with Crippen LogP contribution in [0.15, 0.2) is 22.5 Å². The molecule has 0 saturated carbocycles. The molecule has 0 unspecified atom stereocenters. The third kappa shape index (κ3) is 7.33. The van der Waals surface area contributed by atoms with Gasteiger partial charge in [0.1, 0.15) is 6.54 Å². The number of amides is 1. The average molecular weight is 380 g/mol. The zero-order chi connectivity index (χ0) is 18.8. The van der Waals surface area contributed by atoms with Crippen molar-refractivity contribution in [1.29, 1.82) is 0 Å². The van der Waals surface area contributed by atoms with Gasteiger partial charge >= 0.3 is 0 Å². The van der Waals surface area contributed by atoms with Crippen molar-refractivity contribution in [3.05, 3.63) is 22.4 Å². The fourth-order valence-corrected chi connectivity index (χ4v) is 3.55. The van der Waals surface area contributed by atoms with Gasteiger partial charge in [-0.15, -0.1) is 11.3 Å². The summed E-state index contributed by atoms with van der Waals surface area (Å²) in [6, 6.07) is 4.57. The molecular weight excluding hydrogens is 346 g/mol. The lowest BCUT2D eigenvalue weighted by Crippen LogP contribution is -2.48. The summed E-state index contributed by atoms with van der Waals surface area (Å²) in [6.45, 7) is 6.61. The van der Waals surface area contributed by atoms with Crippen molar-refractivity contribution in [3.8, 4) is 0 Å². The third-order valence-corrected chi connectivity index (χ3v) is 5.51. The summed E-state index contributed by atoms with van der Waals surface area (Å²) in [5.74, 6) is 0.747. The molecule has 26 heavy (non-hydrogen) atoms. The monoisotopic (exact) mass is 379 g/mol. The van der Waals surface area contributed by atoms with E-state index in [1.807, 2.05) is 6.07 Å². The van der Waals surface area contributed by atoms with Crippen LogP contribution in [0, 0.1) is 0 Å². The number of aliphatic imine (C=N–C) groups is 1. The van der Waals surface area contributed by atoms with Gasteiger partial charge in [0.15, 0.2) is 5.96 Å². The lowest BCUT2D eigenvalue weighted by molar-refractivity contribution is -0.127. The van der Waals surface area contributed by atoms with Gasteiger partial charge in [0.05, 0.1) is 6.54 Å². The van der Waals surface area contributed by atoms with Crippen LogP contribution in [0.4, 0.5) is 0 Å². The molecule has 1 saturated heterocycles. The molecule has 6 nitrogen and oxygen atoms in total. The molecule has 1 amide bonds. The minimum absolute atomic E-state index is 0.0107. The second-order valence-corrected chi connectivity index (χ2v) is 8.03. The molecule has 146 valence electrons. The molecule has 2 heterocycles. The first kappa shape index (κ1) is 20.7. The van der Waals surface area contributed by atoms with Crippen LogP contribution in [0.1, 0.15) is 37.5 Å². The smallest absolute Gasteiger partial charge is 0.243 e. The highest BCUT2D eigenvalue weighted by molar-refractivity contribution is 7.09. The molecular formula is C19H33N5OS. The fourth-order valence-electron chi connectivity index (χ4n) is 2.90. The van der Waals surface area contributed by atoms with Gasteiger partial charge in [-0.05, 0) is 37.3 Å². The zero-order valence-electron chi connectivity index (χ0n) is 16.3. The van der Waals surface area contributed by atoms with Crippen LogP contribution in [-0.2, 0) is 11.3 Å². The fraction of sp³-hybridized carbons (Fsp3) is 0.684. The van der Waals surface area contributed by atoms with E-state index in [4.69, 9.17) is 0 Å². The van der Waals surface area contributed by atoms with E-state index in [1.165, 1.54) is 24.3 Å². The van der Waals surface area contributed by atoms with E-state index in [9.17, 15) is 4.79 Å². The Hall–Kier alpha value is -1.60. The van der Waals surface area contributed by atoms with Crippen molar-refractivity contribution < 1.29 is 4.79 Å². The molecule has 7 heteroatoms. The lowest BCUT2D eigenvalue weighted by Gasteiger charge is -2.33. The minimum atomic E-state index is 0.0107. The quantitative estimate of drug-likeness (QED) is 0.537. The first-order valence-electron chi connectivity index (χ1n) is 9.58. The third-order valence-electron chi connectivity index (χ3n) is 4.64. The van der Waals surface area contributed by atoms with Crippen LogP contribution in [0.2, 0.25) is 0 Å². The van der Waals surface area contributed by atoms with Gasteiger partial charge < -0.3 is 20.4 Å². The maximum absolute atomic E-state index is 11.9. The molecule has 1 fully saturated rings. The number of carbonyl (C=O) groups excluding carboxylic acids is 1. The number of hydrogen-bond acceptors (Lipinski definition) is 4. The highest BCUT2D eigenvalue weighted by Gasteiger charge is 2.19. The number of likely N-dealkylation sites (N-methyl/N-ethyl adjacent to an activating group) is 1. The van der Waals surface area contributed by atoms with Crippen LogP contribution >= 0.6 is 11.3 Å². The first-order chi connectivity index (χ1) is 12.6. The normalized spacial score (nSPS) is 16.5. The number of likely N-dealkylation sites (tertiary alicyclic amines) is 1. The Balaban J connectivity index is 1.86. The van der Waals surface area contributed by atoms with Crippen molar-refractivity contribution in [1.82, 2.24) is 20.4 Å². The molecule has 0 bridgehead atoms. The van der Waals surface area contributed by atoms with Crippen LogP contribution in [0.5, 0.6) is 0 Å². The summed E-state index contributed by atoms with van der Waals surface area (Å²) in [4.78, 5) is 21.8. The zero-order valence-corrected chi connectivity index (χ0v) is 17.1. The van der Waals surface area contributed by atoms with Gasteiger partial charge in [0.25, 0.3) is 0 Å². The highest BCUT2D eigenvalue weighted by Crippen LogP contribution is 2.11. The Morgan fingerprint density at radius 1 is 1.38 bits per heavy atom. The molecule has 0 radical (unpaired) electrons. The van der Waals surface area contributed by atoms with Crippen molar-refractivity contribution in [2.45, 2.75) is 45.2 Å². The topological polar surface area (TPSA) is 60.0 Å². The molecule has 0 spiro atoms. The second-order valence-electron chi connectivity index (χ2n) is 7.00. The molecule has 2 rings (SSSR count). The molecule has 1 aromatic heterocycles. The molecule has 1 aliphatic heterocycles. The van der Waals surface area contributed by atoms with Gasteiger partial charge in [0.2, 0.25) is 5.91 Å². The first-order valence-corrected chi connectivity index (χ1v) is 10.5. The van der Waals surface area contributed by atoms with Crippen molar-refractivity contribution in [2.75, 3.05) is 40.3 Å². The van der Waals surface area contributed by atoms with Crippen LogP contribution in [-0.4, -0.2) is 68.0 Å². The standard InChI is InChI=1S/C19H33N5OS/c1-4-5-10-24-11-8-16(9-12-24)22-19(21-15-18(25)23(2)3)20-14-17-7-6-13-26-17/h6-7,13,16H,4-5,8-12,14-15H2,1-3H3,(H2,20,21,22). The van der Waals surface area contributed by atoms with Gasteiger partial charge in [-0.2, -0.15) is 0 Å². The highest BCUT2D eigenvalue weighted by atomic mass is 32.1. The van der Waals surface area contributed by atoms with Gasteiger partial charge in [0, 0.05) is 38.1 Å². The summed E-state index contributed by atoms with van der Waals surface area (Å²) in [5, 5.41) is 8.98. The molecule has 1 aliphatic rings.